The standard InChI is InChI=1S/C13H18BrNO/c1-9-6-11(13(16)12(14)7-9)8-15-5-4-10-2-3-10/h6-7,10,15-16H,2-5,8H2,1H3. The molecule has 2 nitrogen and oxygen atoms in total. The highest BCUT2D eigenvalue weighted by Crippen LogP contribution is 2.32. The first kappa shape index (κ1) is 11.9. The number of halogens is 1. The van der Waals surface area contributed by atoms with Crippen LogP contribution in [0.4, 0.5) is 0 Å². The maximum atomic E-state index is 9.86. The van der Waals surface area contributed by atoms with Gasteiger partial charge in [0.2, 0.25) is 0 Å². The lowest BCUT2D eigenvalue weighted by molar-refractivity contribution is 0.460. The Morgan fingerprint density at radius 3 is 2.88 bits per heavy atom. The van der Waals surface area contributed by atoms with Crippen molar-refractivity contribution in [1.29, 1.82) is 0 Å². The molecule has 0 radical (unpaired) electrons. The first-order chi connectivity index (χ1) is 7.66. The van der Waals surface area contributed by atoms with Crippen LogP contribution < -0.4 is 5.32 Å². The van der Waals surface area contributed by atoms with Gasteiger partial charge in [0.1, 0.15) is 5.75 Å². The second kappa shape index (κ2) is 5.19. The maximum Gasteiger partial charge on any atom is 0.134 e. The van der Waals surface area contributed by atoms with Gasteiger partial charge in [0.15, 0.2) is 0 Å². The second-order valence-corrected chi connectivity index (χ2v) is 5.52. The zero-order valence-corrected chi connectivity index (χ0v) is 11.2. The minimum atomic E-state index is 0.365. The predicted molar refractivity (Wildman–Crippen MR) is 69.6 cm³/mol. The average molecular weight is 284 g/mol. The molecule has 3 heteroatoms. The third-order valence-electron chi connectivity index (χ3n) is 3.03. The second-order valence-electron chi connectivity index (χ2n) is 4.66. The first-order valence-electron chi connectivity index (χ1n) is 5.85. The lowest BCUT2D eigenvalue weighted by atomic mass is 10.1. The molecule has 0 saturated heterocycles. The van der Waals surface area contributed by atoms with Crippen LogP contribution in [-0.4, -0.2) is 11.7 Å². The number of hydrogen-bond acceptors (Lipinski definition) is 2. The molecule has 0 aromatic heterocycles. The van der Waals surface area contributed by atoms with Crippen LogP contribution >= 0.6 is 15.9 Å². The van der Waals surface area contributed by atoms with Crippen LogP contribution in [-0.2, 0) is 6.54 Å². The monoisotopic (exact) mass is 283 g/mol. The Morgan fingerprint density at radius 1 is 1.44 bits per heavy atom. The van der Waals surface area contributed by atoms with E-state index in [1.807, 2.05) is 19.1 Å². The molecule has 1 saturated carbocycles. The van der Waals surface area contributed by atoms with Gasteiger partial charge in [-0.2, -0.15) is 0 Å². The summed E-state index contributed by atoms with van der Waals surface area (Å²) in [6, 6.07) is 3.97. The third-order valence-corrected chi connectivity index (χ3v) is 3.63. The highest BCUT2D eigenvalue weighted by atomic mass is 79.9. The van der Waals surface area contributed by atoms with Crippen LogP contribution in [0.3, 0.4) is 0 Å². The van der Waals surface area contributed by atoms with Gasteiger partial charge in [-0.3, -0.25) is 0 Å². The summed E-state index contributed by atoms with van der Waals surface area (Å²) in [6.07, 6.45) is 4.08. The van der Waals surface area contributed by atoms with Gasteiger partial charge in [-0.25, -0.2) is 0 Å². The Kier molecular flexibility index (Phi) is 3.87. The SMILES string of the molecule is Cc1cc(Br)c(O)c(CNCCC2CC2)c1. The van der Waals surface area contributed by atoms with Gasteiger partial charge in [-0.05, 0) is 53.4 Å². The van der Waals surface area contributed by atoms with Crippen molar-refractivity contribution in [2.24, 2.45) is 5.92 Å². The van der Waals surface area contributed by atoms with Crippen LogP contribution in [0.5, 0.6) is 5.75 Å². The van der Waals surface area contributed by atoms with Crippen molar-refractivity contribution in [1.82, 2.24) is 5.32 Å². The molecule has 0 bridgehead atoms. The number of hydrogen-bond donors (Lipinski definition) is 2. The Bertz CT molecular complexity index is 374. The Hall–Kier alpha value is -0.540. The maximum absolute atomic E-state index is 9.86. The number of rotatable bonds is 5. The highest BCUT2D eigenvalue weighted by Gasteiger charge is 2.20. The molecule has 88 valence electrons. The zero-order valence-electron chi connectivity index (χ0n) is 9.59. The van der Waals surface area contributed by atoms with E-state index in [-0.39, 0.29) is 0 Å². The molecule has 0 spiro atoms. The van der Waals surface area contributed by atoms with E-state index < -0.39 is 0 Å². The third kappa shape index (κ3) is 3.22. The van der Waals surface area contributed by atoms with Crippen molar-refractivity contribution in [3.63, 3.8) is 0 Å². The minimum absolute atomic E-state index is 0.365. The van der Waals surface area contributed by atoms with E-state index in [4.69, 9.17) is 0 Å². The summed E-state index contributed by atoms with van der Waals surface area (Å²) in [6.45, 7) is 3.84. The van der Waals surface area contributed by atoms with Crippen LogP contribution in [0.1, 0.15) is 30.4 Å². The molecule has 0 amide bonds. The molecule has 0 aliphatic heterocycles. The fourth-order valence-corrected chi connectivity index (χ4v) is 2.49. The molecule has 1 aliphatic carbocycles. The lowest BCUT2D eigenvalue weighted by Crippen LogP contribution is -2.15. The van der Waals surface area contributed by atoms with E-state index in [9.17, 15) is 5.11 Å². The number of aromatic hydroxyl groups is 1. The van der Waals surface area contributed by atoms with Crippen LogP contribution in [0.2, 0.25) is 0 Å². The molecule has 1 aromatic rings. The van der Waals surface area contributed by atoms with Gasteiger partial charge in [0.25, 0.3) is 0 Å². The van der Waals surface area contributed by atoms with Gasteiger partial charge in [-0.1, -0.05) is 18.9 Å². The van der Waals surface area contributed by atoms with Gasteiger partial charge >= 0.3 is 0 Å². The van der Waals surface area contributed by atoms with Crippen LogP contribution in [0, 0.1) is 12.8 Å². The minimum Gasteiger partial charge on any atom is -0.506 e. The average Bonchev–Trinajstić information content (AvgIpc) is 3.03. The summed E-state index contributed by atoms with van der Waals surface area (Å²) >= 11 is 3.36. The molecule has 0 atom stereocenters. The number of aryl methyl sites for hydroxylation is 1. The number of phenols is 1. The normalized spacial score (nSPS) is 15.4. The van der Waals surface area contributed by atoms with Crippen molar-refractivity contribution in [2.45, 2.75) is 32.7 Å². The largest absolute Gasteiger partial charge is 0.506 e. The first-order valence-corrected chi connectivity index (χ1v) is 6.65. The molecule has 2 N–H and O–H groups in total. The lowest BCUT2D eigenvalue weighted by Gasteiger charge is -2.09. The quantitative estimate of drug-likeness (QED) is 0.813. The predicted octanol–water partition coefficient (Wildman–Crippen LogP) is 3.35. The zero-order chi connectivity index (χ0) is 11.5. The fraction of sp³-hybridized carbons (Fsp3) is 0.538. The van der Waals surface area contributed by atoms with Crippen LogP contribution in [0.15, 0.2) is 16.6 Å². The molecule has 1 fully saturated rings. The van der Waals surface area contributed by atoms with E-state index in [2.05, 4.69) is 21.2 Å². The number of benzene rings is 1. The van der Waals surface area contributed by atoms with Gasteiger partial charge < -0.3 is 10.4 Å². The number of phenolic OH excluding ortho intramolecular Hbond substituents is 1. The summed E-state index contributed by atoms with van der Waals surface area (Å²) in [4.78, 5) is 0. The summed E-state index contributed by atoms with van der Waals surface area (Å²) < 4.78 is 0.784. The van der Waals surface area contributed by atoms with Gasteiger partial charge in [-0.15, -0.1) is 0 Å². The van der Waals surface area contributed by atoms with E-state index >= 15 is 0 Å². The Balaban J connectivity index is 1.86. The molecule has 0 unspecified atom stereocenters. The van der Waals surface area contributed by atoms with Crippen molar-refractivity contribution >= 4 is 15.9 Å². The van der Waals surface area contributed by atoms with Crippen molar-refractivity contribution in [3.8, 4) is 5.75 Å². The van der Waals surface area contributed by atoms with Crippen molar-refractivity contribution in [2.75, 3.05) is 6.54 Å². The molecule has 1 aromatic carbocycles. The van der Waals surface area contributed by atoms with E-state index in [1.54, 1.807) is 0 Å². The summed E-state index contributed by atoms with van der Waals surface area (Å²) in [5.74, 6) is 1.33. The van der Waals surface area contributed by atoms with E-state index in [0.717, 1.165) is 29.0 Å². The van der Waals surface area contributed by atoms with E-state index in [0.29, 0.717) is 5.75 Å². The number of nitrogens with one attached hydrogen (secondary N) is 1. The summed E-state index contributed by atoms with van der Waals surface area (Å²) in [5.41, 5.74) is 2.14. The Labute approximate surface area is 105 Å². The highest BCUT2D eigenvalue weighted by molar-refractivity contribution is 9.10. The Morgan fingerprint density at radius 2 is 2.19 bits per heavy atom. The molecular weight excluding hydrogens is 266 g/mol. The van der Waals surface area contributed by atoms with Gasteiger partial charge in [0.05, 0.1) is 4.47 Å². The van der Waals surface area contributed by atoms with Crippen molar-refractivity contribution in [3.05, 3.63) is 27.7 Å². The molecule has 0 heterocycles. The topological polar surface area (TPSA) is 32.3 Å². The van der Waals surface area contributed by atoms with Crippen molar-refractivity contribution < 1.29 is 5.11 Å². The van der Waals surface area contributed by atoms with Crippen LogP contribution in [0.25, 0.3) is 0 Å². The summed E-state index contributed by atoms with van der Waals surface area (Å²) in [7, 11) is 0. The van der Waals surface area contributed by atoms with Gasteiger partial charge in [0, 0.05) is 12.1 Å². The molecular formula is C13H18BrNO. The fourth-order valence-electron chi connectivity index (χ4n) is 1.88. The van der Waals surface area contributed by atoms with E-state index in [1.165, 1.54) is 24.8 Å². The molecule has 1 aliphatic rings. The molecule has 2 rings (SSSR count). The summed E-state index contributed by atoms with van der Waals surface area (Å²) in [5, 5.41) is 13.2. The molecule has 16 heavy (non-hydrogen) atoms. The smallest absolute Gasteiger partial charge is 0.134 e.